The van der Waals surface area contributed by atoms with Gasteiger partial charge in [0.25, 0.3) is 5.56 Å². The summed E-state index contributed by atoms with van der Waals surface area (Å²) in [6.07, 6.45) is 4.63. The van der Waals surface area contributed by atoms with E-state index in [1.165, 1.54) is 5.56 Å². The van der Waals surface area contributed by atoms with E-state index >= 15 is 0 Å². The number of hydrogen-bond donors (Lipinski definition) is 1. The second-order valence-corrected chi connectivity index (χ2v) is 5.66. The molecular weight excluding hydrogens is 302 g/mol. The minimum atomic E-state index is -0.00557. The third-order valence-corrected chi connectivity index (χ3v) is 3.96. The number of nitrogens with zero attached hydrogens (tertiary/aromatic N) is 2. The molecular formula is C19H21N3O2. The zero-order chi connectivity index (χ0) is 16.8. The van der Waals surface area contributed by atoms with Crippen LogP contribution in [0.3, 0.4) is 0 Å². The van der Waals surface area contributed by atoms with Gasteiger partial charge < -0.3 is 14.6 Å². The number of benzene rings is 1. The molecule has 2 aromatic heterocycles. The predicted molar refractivity (Wildman–Crippen MR) is 95.5 cm³/mol. The summed E-state index contributed by atoms with van der Waals surface area (Å²) in [6.45, 7) is 2.28. The van der Waals surface area contributed by atoms with Crippen LogP contribution in [0, 0.1) is 0 Å². The maximum absolute atomic E-state index is 11.6. The number of pyridine rings is 2. The van der Waals surface area contributed by atoms with Crippen molar-refractivity contribution in [1.29, 1.82) is 0 Å². The largest absolute Gasteiger partial charge is 0.492 e. The molecule has 5 nitrogen and oxygen atoms in total. The van der Waals surface area contributed by atoms with Crippen molar-refractivity contribution in [2.75, 3.05) is 19.7 Å². The van der Waals surface area contributed by atoms with Crippen LogP contribution in [-0.2, 0) is 13.5 Å². The Kier molecular flexibility index (Phi) is 5.23. The Bertz CT molecular complexity index is 859. The molecule has 0 radical (unpaired) electrons. The van der Waals surface area contributed by atoms with E-state index < -0.39 is 0 Å². The standard InChI is InChI=1S/C19H21N3O2/c1-22-18-6-5-17(13-16(18)4-7-19(22)23)24-12-11-20-10-8-15-3-2-9-21-14-15/h2-7,9,13-14,20H,8,10-12H2,1H3. The van der Waals surface area contributed by atoms with Gasteiger partial charge in [0, 0.05) is 37.4 Å². The fourth-order valence-corrected chi connectivity index (χ4v) is 2.60. The van der Waals surface area contributed by atoms with Gasteiger partial charge >= 0.3 is 0 Å². The average Bonchev–Trinajstić information content (AvgIpc) is 2.62. The Morgan fingerprint density at radius 2 is 2.08 bits per heavy atom. The highest BCUT2D eigenvalue weighted by molar-refractivity contribution is 5.80. The van der Waals surface area contributed by atoms with Crippen molar-refractivity contribution in [3.8, 4) is 5.75 Å². The molecule has 1 aromatic carbocycles. The summed E-state index contributed by atoms with van der Waals surface area (Å²) in [4.78, 5) is 15.7. The fourth-order valence-electron chi connectivity index (χ4n) is 2.60. The van der Waals surface area contributed by atoms with E-state index in [4.69, 9.17) is 4.74 Å². The van der Waals surface area contributed by atoms with Crippen LogP contribution < -0.4 is 15.6 Å². The monoisotopic (exact) mass is 323 g/mol. The molecule has 0 unspecified atom stereocenters. The first-order chi connectivity index (χ1) is 11.7. The Labute approximate surface area is 140 Å². The van der Waals surface area contributed by atoms with Crippen molar-refractivity contribution in [2.24, 2.45) is 7.05 Å². The molecule has 5 heteroatoms. The summed E-state index contributed by atoms with van der Waals surface area (Å²) in [6, 6.07) is 13.2. The van der Waals surface area contributed by atoms with E-state index in [2.05, 4.69) is 16.4 Å². The molecule has 0 aliphatic carbocycles. The van der Waals surface area contributed by atoms with Crippen molar-refractivity contribution in [1.82, 2.24) is 14.9 Å². The zero-order valence-corrected chi connectivity index (χ0v) is 13.7. The summed E-state index contributed by atoms with van der Waals surface area (Å²) in [7, 11) is 1.78. The predicted octanol–water partition coefficient (Wildman–Crippen LogP) is 2.14. The lowest BCUT2D eigenvalue weighted by atomic mass is 10.2. The lowest BCUT2D eigenvalue weighted by Crippen LogP contribution is -2.23. The SMILES string of the molecule is Cn1c(=O)ccc2cc(OCCNCCc3cccnc3)ccc21. The van der Waals surface area contributed by atoms with Gasteiger partial charge in [-0.25, -0.2) is 0 Å². The van der Waals surface area contributed by atoms with Crippen molar-refractivity contribution in [3.63, 3.8) is 0 Å². The molecule has 0 amide bonds. The van der Waals surface area contributed by atoms with Crippen LogP contribution in [0.1, 0.15) is 5.56 Å². The molecule has 3 aromatic rings. The topological polar surface area (TPSA) is 56.1 Å². The van der Waals surface area contributed by atoms with Gasteiger partial charge in [0.05, 0.1) is 5.52 Å². The number of nitrogens with one attached hydrogen (secondary N) is 1. The summed E-state index contributed by atoms with van der Waals surface area (Å²) < 4.78 is 7.41. The van der Waals surface area contributed by atoms with Gasteiger partial charge in [0.2, 0.25) is 0 Å². The molecule has 0 aliphatic heterocycles. The second kappa shape index (κ2) is 7.75. The van der Waals surface area contributed by atoms with Crippen molar-refractivity contribution in [3.05, 3.63) is 70.8 Å². The second-order valence-electron chi connectivity index (χ2n) is 5.66. The first kappa shape index (κ1) is 16.2. The Hall–Kier alpha value is -2.66. The van der Waals surface area contributed by atoms with Crippen LogP contribution in [-0.4, -0.2) is 29.2 Å². The maximum Gasteiger partial charge on any atom is 0.250 e. The van der Waals surface area contributed by atoms with Crippen LogP contribution in [0.4, 0.5) is 0 Å². The van der Waals surface area contributed by atoms with Gasteiger partial charge in [-0.15, -0.1) is 0 Å². The molecule has 2 heterocycles. The van der Waals surface area contributed by atoms with E-state index in [1.54, 1.807) is 23.9 Å². The van der Waals surface area contributed by atoms with E-state index in [0.29, 0.717) is 6.61 Å². The van der Waals surface area contributed by atoms with E-state index in [9.17, 15) is 4.79 Å². The third-order valence-electron chi connectivity index (χ3n) is 3.96. The highest BCUT2D eigenvalue weighted by Crippen LogP contribution is 2.19. The Morgan fingerprint density at radius 1 is 1.17 bits per heavy atom. The summed E-state index contributed by atoms with van der Waals surface area (Å²) >= 11 is 0. The van der Waals surface area contributed by atoms with Crippen LogP contribution in [0.25, 0.3) is 10.9 Å². The van der Waals surface area contributed by atoms with E-state index in [-0.39, 0.29) is 5.56 Å². The molecule has 0 aliphatic rings. The summed E-state index contributed by atoms with van der Waals surface area (Å²) in [5.41, 5.74) is 2.13. The summed E-state index contributed by atoms with van der Waals surface area (Å²) in [5.74, 6) is 0.815. The lowest BCUT2D eigenvalue weighted by molar-refractivity contribution is 0.315. The van der Waals surface area contributed by atoms with Gasteiger partial charge in [-0.05, 0) is 48.9 Å². The molecule has 0 bridgehead atoms. The van der Waals surface area contributed by atoms with Crippen molar-refractivity contribution >= 4 is 10.9 Å². The number of aromatic nitrogens is 2. The number of aryl methyl sites for hydroxylation is 1. The molecule has 0 atom stereocenters. The van der Waals surface area contributed by atoms with Crippen molar-refractivity contribution in [2.45, 2.75) is 6.42 Å². The first-order valence-electron chi connectivity index (χ1n) is 8.06. The van der Waals surface area contributed by atoms with E-state index in [0.717, 1.165) is 36.2 Å². The highest BCUT2D eigenvalue weighted by Gasteiger charge is 2.01. The van der Waals surface area contributed by atoms with Gasteiger partial charge in [0.1, 0.15) is 12.4 Å². The van der Waals surface area contributed by atoms with Gasteiger partial charge in [-0.3, -0.25) is 9.78 Å². The van der Waals surface area contributed by atoms with Crippen LogP contribution in [0.15, 0.2) is 59.7 Å². The Balaban J connectivity index is 1.46. The molecule has 0 fully saturated rings. The molecule has 0 spiro atoms. The average molecular weight is 323 g/mol. The van der Waals surface area contributed by atoms with Gasteiger partial charge in [-0.2, -0.15) is 0 Å². The van der Waals surface area contributed by atoms with Crippen LogP contribution in [0.5, 0.6) is 5.75 Å². The number of fused-ring (bicyclic) bond motifs is 1. The smallest absolute Gasteiger partial charge is 0.250 e. The summed E-state index contributed by atoms with van der Waals surface area (Å²) in [5, 5.41) is 4.36. The minimum Gasteiger partial charge on any atom is -0.492 e. The van der Waals surface area contributed by atoms with Gasteiger partial charge in [-0.1, -0.05) is 6.07 Å². The Morgan fingerprint density at radius 3 is 2.92 bits per heavy atom. The minimum absolute atomic E-state index is 0.00557. The van der Waals surface area contributed by atoms with Crippen LogP contribution >= 0.6 is 0 Å². The fraction of sp³-hybridized carbons (Fsp3) is 0.263. The molecule has 1 N–H and O–H groups in total. The zero-order valence-electron chi connectivity index (χ0n) is 13.7. The third kappa shape index (κ3) is 4.00. The normalized spacial score (nSPS) is 10.9. The highest BCUT2D eigenvalue weighted by atomic mass is 16.5. The van der Waals surface area contributed by atoms with E-state index in [1.807, 2.05) is 36.5 Å². The first-order valence-corrected chi connectivity index (χ1v) is 8.06. The number of ether oxygens (including phenoxy) is 1. The van der Waals surface area contributed by atoms with Crippen molar-refractivity contribution < 1.29 is 4.74 Å². The lowest BCUT2D eigenvalue weighted by Gasteiger charge is -2.10. The molecule has 3 rings (SSSR count). The number of hydrogen-bond acceptors (Lipinski definition) is 4. The molecule has 0 saturated heterocycles. The quantitative estimate of drug-likeness (QED) is 0.677. The maximum atomic E-state index is 11.6. The van der Waals surface area contributed by atoms with Gasteiger partial charge in [0.15, 0.2) is 0 Å². The van der Waals surface area contributed by atoms with Crippen LogP contribution in [0.2, 0.25) is 0 Å². The molecule has 0 saturated carbocycles. The molecule has 24 heavy (non-hydrogen) atoms. The molecule has 124 valence electrons. The number of rotatable bonds is 7.